The maximum atomic E-state index is 6.11. The molecule has 36 heavy (non-hydrogen) atoms. The molecule has 2 aromatic carbocycles. The van der Waals surface area contributed by atoms with Crippen LogP contribution in [0.15, 0.2) is 48.5 Å². The Morgan fingerprint density at radius 1 is 0.528 bits per heavy atom. The molecule has 0 aromatic heterocycles. The summed E-state index contributed by atoms with van der Waals surface area (Å²) in [6.07, 6.45) is 10.5. The number of hydrogen-bond acceptors (Lipinski definition) is 4. The summed E-state index contributed by atoms with van der Waals surface area (Å²) in [5.74, 6) is 0. The summed E-state index contributed by atoms with van der Waals surface area (Å²) in [4.78, 5) is 4.77. The summed E-state index contributed by atoms with van der Waals surface area (Å²) in [5.41, 5.74) is 4.97. The Kier molecular flexibility index (Phi) is 16.4. The molecule has 2 rings (SSSR count). The first-order valence-electron chi connectivity index (χ1n) is 14.3. The number of nitrogens with zero attached hydrogens (tertiary/aromatic N) is 2. The largest absolute Gasteiger partial charge is 0.375 e. The van der Waals surface area contributed by atoms with Crippen molar-refractivity contribution in [2.24, 2.45) is 0 Å². The van der Waals surface area contributed by atoms with E-state index in [1.807, 2.05) is 0 Å². The van der Waals surface area contributed by atoms with E-state index >= 15 is 0 Å². The summed E-state index contributed by atoms with van der Waals surface area (Å²) < 4.78 is 12.2. The van der Waals surface area contributed by atoms with Crippen LogP contribution in [0.5, 0.6) is 0 Å². The quantitative estimate of drug-likeness (QED) is 0.168. The lowest BCUT2D eigenvalue weighted by atomic mass is 9.96. The molecule has 0 radical (unpaired) electrons. The summed E-state index contributed by atoms with van der Waals surface area (Å²) in [6.45, 7) is 11.6. The van der Waals surface area contributed by atoms with E-state index < -0.39 is 0 Å². The van der Waals surface area contributed by atoms with Gasteiger partial charge in [0.1, 0.15) is 0 Å². The van der Waals surface area contributed by atoms with Crippen LogP contribution in [-0.4, -0.2) is 63.3 Å². The van der Waals surface area contributed by atoms with Crippen LogP contribution in [0.3, 0.4) is 0 Å². The van der Waals surface area contributed by atoms with Gasteiger partial charge in [0, 0.05) is 13.1 Å². The van der Waals surface area contributed by atoms with Crippen LogP contribution in [0.1, 0.15) is 76.3 Å². The first-order valence-corrected chi connectivity index (χ1v) is 14.3. The molecule has 0 spiro atoms. The lowest BCUT2D eigenvalue weighted by Crippen LogP contribution is -2.24. The maximum Gasteiger partial charge on any atom is 0.0723 e. The van der Waals surface area contributed by atoms with E-state index in [0.29, 0.717) is 13.2 Å². The van der Waals surface area contributed by atoms with Gasteiger partial charge in [0.05, 0.1) is 26.4 Å². The van der Waals surface area contributed by atoms with E-state index in [-0.39, 0.29) is 0 Å². The minimum absolute atomic E-state index is 0.637. The van der Waals surface area contributed by atoms with Crippen molar-refractivity contribution in [2.45, 2.75) is 78.4 Å². The molecule has 0 amide bonds. The minimum Gasteiger partial charge on any atom is -0.375 e. The van der Waals surface area contributed by atoms with Gasteiger partial charge in [0.15, 0.2) is 0 Å². The lowest BCUT2D eigenvalue weighted by Gasteiger charge is -2.18. The van der Waals surface area contributed by atoms with Gasteiger partial charge in [-0.3, -0.25) is 0 Å². The van der Waals surface area contributed by atoms with Gasteiger partial charge in [0.2, 0.25) is 0 Å². The highest BCUT2D eigenvalue weighted by molar-refractivity contribution is 5.70. The number of unbranched alkanes of at least 4 members (excludes halogenated alkanes) is 6. The van der Waals surface area contributed by atoms with Gasteiger partial charge in [0.25, 0.3) is 0 Å². The summed E-state index contributed by atoms with van der Waals surface area (Å²) in [5, 5.41) is 0. The van der Waals surface area contributed by atoms with Crippen molar-refractivity contribution in [3.05, 3.63) is 59.7 Å². The van der Waals surface area contributed by atoms with E-state index in [2.05, 4.69) is 86.3 Å². The molecule has 0 saturated heterocycles. The van der Waals surface area contributed by atoms with Crippen LogP contribution < -0.4 is 0 Å². The zero-order valence-corrected chi connectivity index (χ0v) is 23.6. The highest BCUT2D eigenvalue weighted by Crippen LogP contribution is 2.28. The third-order valence-corrected chi connectivity index (χ3v) is 6.86. The Hall–Kier alpha value is -1.72. The number of rotatable bonds is 21. The molecule has 0 N–H and O–H groups in total. The van der Waals surface area contributed by atoms with Crippen molar-refractivity contribution < 1.29 is 9.47 Å². The lowest BCUT2D eigenvalue weighted by molar-refractivity contribution is 0.0985. The van der Waals surface area contributed by atoms with Gasteiger partial charge in [-0.1, -0.05) is 101 Å². The molecule has 0 aliphatic rings. The minimum atomic E-state index is 0.637. The zero-order valence-electron chi connectivity index (χ0n) is 23.6. The first kappa shape index (κ1) is 30.5. The molecule has 0 atom stereocenters. The average molecular weight is 497 g/mol. The Morgan fingerprint density at radius 3 is 1.36 bits per heavy atom. The van der Waals surface area contributed by atoms with Crippen LogP contribution >= 0.6 is 0 Å². The SMILES string of the molecule is CCCCCCN(C)CCOCc1ccccc1-c1ccccc1COCCN(C)CCCCCC. The fourth-order valence-corrected chi connectivity index (χ4v) is 4.46. The molecule has 4 heteroatoms. The van der Waals surface area contributed by atoms with Crippen molar-refractivity contribution in [3.63, 3.8) is 0 Å². The fraction of sp³-hybridized carbons (Fsp3) is 0.625. The topological polar surface area (TPSA) is 24.9 Å². The first-order chi connectivity index (χ1) is 17.7. The van der Waals surface area contributed by atoms with Crippen molar-refractivity contribution in [1.82, 2.24) is 9.80 Å². The second-order valence-corrected chi connectivity index (χ2v) is 10.1. The standard InChI is InChI=1S/C32H52N2O2/c1-5-7-9-15-21-33(3)23-25-35-27-29-17-11-13-19-31(29)32-20-14-12-18-30(32)28-36-26-24-34(4)22-16-10-8-6-2/h11-14,17-20H,5-10,15-16,21-28H2,1-4H3. The molecular weight excluding hydrogens is 444 g/mol. The molecule has 2 aromatic rings. The van der Waals surface area contributed by atoms with E-state index in [9.17, 15) is 0 Å². The number of hydrogen-bond donors (Lipinski definition) is 0. The smallest absolute Gasteiger partial charge is 0.0723 e. The van der Waals surface area contributed by atoms with E-state index in [4.69, 9.17) is 9.47 Å². The Bertz CT molecular complexity index is 743. The van der Waals surface area contributed by atoms with Gasteiger partial charge in [-0.2, -0.15) is 0 Å². The van der Waals surface area contributed by atoms with E-state index in [1.54, 1.807) is 0 Å². The molecule has 0 fully saturated rings. The molecule has 4 nitrogen and oxygen atoms in total. The highest BCUT2D eigenvalue weighted by atomic mass is 16.5. The predicted molar refractivity (Wildman–Crippen MR) is 154 cm³/mol. The van der Waals surface area contributed by atoms with Gasteiger partial charge < -0.3 is 19.3 Å². The van der Waals surface area contributed by atoms with Crippen LogP contribution in [0.2, 0.25) is 0 Å². The van der Waals surface area contributed by atoms with Crippen LogP contribution in [-0.2, 0) is 22.7 Å². The Morgan fingerprint density at radius 2 is 0.944 bits per heavy atom. The molecule has 0 aliphatic heterocycles. The van der Waals surface area contributed by atoms with Crippen molar-refractivity contribution in [3.8, 4) is 11.1 Å². The maximum absolute atomic E-state index is 6.11. The molecule has 0 heterocycles. The second kappa shape index (κ2) is 19.4. The molecular formula is C32H52N2O2. The third-order valence-electron chi connectivity index (χ3n) is 6.86. The van der Waals surface area contributed by atoms with Gasteiger partial charge in [-0.25, -0.2) is 0 Å². The van der Waals surface area contributed by atoms with Crippen LogP contribution in [0.25, 0.3) is 11.1 Å². The average Bonchev–Trinajstić information content (AvgIpc) is 2.90. The molecule has 202 valence electrons. The summed E-state index contributed by atoms with van der Waals surface area (Å²) in [7, 11) is 4.40. The van der Waals surface area contributed by atoms with Gasteiger partial charge in [-0.05, 0) is 62.3 Å². The van der Waals surface area contributed by atoms with E-state index in [0.717, 1.165) is 39.4 Å². The van der Waals surface area contributed by atoms with E-state index in [1.165, 1.54) is 73.6 Å². The van der Waals surface area contributed by atoms with Crippen LogP contribution in [0, 0.1) is 0 Å². The normalized spacial score (nSPS) is 11.6. The van der Waals surface area contributed by atoms with Crippen molar-refractivity contribution >= 4 is 0 Å². The summed E-state index contributed by atoms with van der Waals surface area (Å²) >= 11 is 0. The number of likely N-dealkylation sites (N-methyl/N-ethyl adjacent to an activating group) is 2. The zero-order chi connectivity index (χ0) is 25.8. The molecule has 0 unspecified atom stereocenters. The molecule has 0 aliphatic carbocycles. The van der Waals surface area contributed by atoms with Gasteiger partial charge >= 0.3 is 0 Å². The summed E-state index contributed by atoms with van der Waals surface area (Å²) in [6, 6.07) is 17.3. The third kappa shape index (κ3) is 12.5. The number of benzene rings is 2. The monoisotopic (exact) mass is 496 g/mol. The predicted octanol–water partition coefficient (Wildman–Crippen LogP) is 7.41. The van der Waals surface area contributed by atoms with Crippen molar-refractivity contribution in [1.29, 1.82) is 0 Å². The Labute approximate surface area is 222 Å². The highest BCUT2D eigenvalue weighted by Gasteiger charge is 2.10. The van der Waals surface area contributed by atoms with Gasteiger partial charge in [-0.15, -0.1) is 0 Å². The molecule has 0 bridgehead atoms. The molecule has 0 saturated carbocycles. The second-order valence-electron chi connectivity index (χ2n) is 10.1. The van der Waals surface area contributed by atoms with Crippen LogP contribution in [0.4, 0.5) is 0 Å². The Balaban J connectivity index is 1.82. The van der Waals surface area contributed by atoms with Crippen molar-refractivity contribution in [2.75, 3.05) is 53.5 Å². The fourth-order valence-electron chi connectivity index (χ4n) is 4.46. The number of ether oxygens (including phenoxy) is 2.